The number of carbonyl (C=O) groups is 1. The molecule has 1 saturated carbocycles. The van der Waals surface area contributed by atoms with Crippen molar-refractivity contribution >= 4 is 6.29 Å². The van der Waals surface area contributed by atoms with E-state index in [1.807, 2.05) is 6.07 Å². The number of carbonyl (C=O) groups excluding carboxylic acids is 1. The normalized spacial score (nSPS) is 26.1. The zero-order valence-electron chi connectivity index (χ0n) is 14.7. The van der Waals surface area contributed by atoms with E-state index in [1.54, 1.807) is 19.2 Å². The third-order valence-electron chi connectivity index (χ3n) is 5.28. The van der Waals surface area contributed by atoms with E-state index >= 15 is 0 Å². The second-order valence-electron chi connectivity index (χ2n) is 6.88. The molecule has 2 fully saturated rings. The van der Waals surface area contributed by atoms with Crippen LogP contribution in [0.15, 0.2) is 18.2 Å². The highest BCUT2D eigenvalue weighted by molar-refractivity contribution is 5.76. The topological polar surface area (TPSA) is 42.0 Å². The molecule has 0 spiro atoms. The number of nitrogens with zero attached hydrogens (tertiary/aromatic N) is 2. The molecule has 5 heteroatoms. The minimum Gasteiger partial charge on any atom is -0.493 e. The predicted octanol–water partition coefficient (Wildman–Crippen LogP) is 2.45. The summed E-state index contributed by atoms with van der Waals surface area (Å²) in [4.78, 5) is 15.9. The summed E-state index contributed by atoms with van der Waals surface area (Å²) in [5, 5.41) is 0. The Balaban J connectivity index is 1.73. The number of benzene rings is 1. The van der Waals surface area contributed by atoms with Crippen LogP contribution < -0.4 is 9.47 Å². The number of rotatable bonds is 5. The van der Waals surface area contributed by atoms with Crippen LogP contribution in [-0.2, 0) is 0 Å². The van der Waals surface area contributed by atoms with Crippen LogP contribution in [-0.4, -0.2) is 68.6 Å². The molecule has 1 heterocycles. The molecule has 132 valence electrons. The lowest BCUT2D eigenvalue weighted by Crippen LogP contribution is -2.54. The van der Waals surface area contributed by atoms with Crippen molar-refractivity contribution in [3.63, 3.8) is 0 Å². The summed E-state index contributed by atoms with van der Waals surface area (Å²) >= 11 is 0. The molecule has 0 bridgehead atoms. The number of methoxy groups -OCH3 is 1. The number of aldehydes is 1. The molecule has 0 amide bonds. The maximum absolute atomic E-state index is 11.0. The molecule has 2 atom stereocenters. The van der Waals surface area contributed by atoms with Gasteiger partial charge in [0.15, 0.2) is 11.5 Å². The molecule has 0 radical (unpaired) electrons. The smallest absolute Gasteiger partial charge is 0.161 e. The minimum absolute atomic E-state index is 0.193. The Bertz CT molecular complexity index is 556. The summed E-state index contributed by atoms with van der Waals surface area (Å²) in [7, 11) is 3.81. The average Bonchev–Trinajstić information content (AvgIpc) is 2.63. The summed E-state index contributed by atoms with van der Waals surface area (Å²) in [6.45, 7) is 4.48. The monoisotopic (exact) mass is 332 g/mol. The van der Waals surface area contributed by atoms with Crippen LogP contribution >= 0.6 is 0 Å². The molecule has 1 aromatic rings. The van der Waals surface area contributed by atoms with E-state index in [4.69, 9.17) is 9.47 Å². The van der Waals surface area contributed by atoms with E-state index in [0.717, 1.165) is 44.6 Å². The summed E-state index contributed by atoms with van der Waals surface area (Å²) < 4.78 is 11.8. The Morgan fingerprint density at radius 3 is 2.54 bits per heavy atom. The Morgan fingerprint density at radius 1 is 1.08 bits per heavy atom. The minimum atomic E-state index is 0.193. The summed E-state index contributed by atoms with van der Waals surface area (Å²) in [5.41, 5.74) is 0.610. The van der Waals surface area contributed by atoms with Gasteiger partial charge in [-0.2, -0.15) is 0 Å². The molecular weight excluding hydrogens is 304 g/mol. The summed E-state index contributed by atoms with van der Waals surface area (Å²) in [6.07, 6.45) is 5.79. The van der Waals surface area contributed by atoms with Crippen molar-refractivity contribution in [2.45, 2.75) is 37.8 Å². The van der Waals surface area contributed by atoms with Crippen LogP contribution in [0.25, 0.3) is 0 Å². The highest BCUT2D eigenvalue weighted by Gasteiger charge is 2.33. The lowest BCUT2D eigenvalue weighted by atomic mass is 9.90. The van der Waals surface area contributed by atoms with Crippen LogP contribution in [0, 0.1) is 0 Å². The van der Waals surface area contributed by atoms with Gasteiger partial charge < -0.3 is 14.4 Å². The van der Waals surface area contributed by atoms with Crippen molar-refractivity contribution < 1.29 is 14.3 Å². The molecule has 0 aromatic heterocycles. The second-order valence-corrected chi connectivity index (χ2v) is 6.88. The van der Waals surface area contributed by atoms with E-state index in [2.05, 4.69) is 16.8 Å². The molecule has 1 aliphatic heterocycles. The first-order valence-electron chi connectivity index (χ1n) is 8.93. The van der Waals surface area contributed by atoms with E-state index in [9.17, 15) is 4.79 Å². The molecule has 1 aromatic carbocycles. The first-order valence-corrected chi connectivity index (χ1v) is 8.93. The van der Waals surface area contributed by atoms with Crippen molar-refractivity contribution in [3.05, 3.63) is 23.8 Å². The molecule has 3 rings (SSSR count). The fourth-order valence-electron chi connectivity index (χ4n) is 3.80. The highest BCUT2D eigenvalue weighted by Crippen LogP contribution is 2.33. The van der Waals surface area contributed by atoms with Gasteiger partial charge in [0, 0.05) is 37.8 Å². The summed E-state index contributed by atoms with van der Waals surface area (Å²) in [5.74, 6) is 1.39. The van der Waals surface area contributed by atoms with Crippen LogP contribution in [0.5, 0.6) is 11.5 Å². The van der Waals surface area contributed by atoms with Crippen molar-refractivity contribution in [1.29, 1.82) is 0 Å². The number of ether oxygens (including phenoxy) is 2. The largest absolute Gasteiger partial charge is 0.493 e. The molecule has 5 nitrogen and oxygen atoms in total. The number of hydrogen-bond donors (Lipinski definition) is 0. The Labute approximate surface area is 144 Å². The van der Waals surface area contributed by atoms with E-state index in [1.165, 1.54) is 19.3 Å². The Morgan fingerprint density at radius 2 is 1.83 bits per heavy atom. The lowest BCUT2D eigenvalue weighted by molar-refractivity contribution is 0.0120. The van der Waals surface area contributed by atoms with Gasteiger partial charge in [0.05, 0.1) is 7.11 Å². The molecule has 2 aliphatic rings. The van der Waals surface area contributed by atoms with E-state index in [-0.39, 0.29) is 6.10 Å². The lowest BCUT2D eigenvalue weighted by Gasteiger charge is -2.43. The van der Waals surface area contributed by atoms with Crippen molar-refractivity contribution in [2.24, 2.45) is 0 Å². The van der Waals surface area contributed by atoms with E-state index < -0.39 is 0 Å². The van der Waals surface area contributed by atoms with Crippen molar-refractivity contribution in [2.75, 3.05) is 40.3 Å². The van der Waals surface area contributed by atoms with Crippen LogP contribution in [0.4, 0.5) is 0 Å². The standard InChI is InChI=1S/C19H28N2O3/c1-20-9-11-21(12-10-20)16-5-3-4-6-17(16)24-18-8-7-15(14-22)13-19(18)23-2/h7-8,13-14,16-17H,3-6,9-12H2,1-2H3. The predicted molar refractivity (Wildman–Crippen MR) is 94.1 cm³/mol. The van der Waals surface area contributed by atoms with Gasteiger partial charge in [-0.1, -0.05) is 6.42 Å². The molecule has 1 saturated heterocycles. The van der Waals surface area contributed by atoms with Gasteiger partial charge in [-0.15, -0.1) is 0 Å². The Hall–Kier alpha value is -1.59. The zero-order chi connectivity index (χ0) is 16.9. The van der Waals surface area contributed by atoms with E-state index in [0.29, 0.717) is 17.4 Å². The first kappa shape index (κ1) is 17.2. The number of hydrogen-bond acceptors (Lipinski definition) is 5. The second kappa shape index (κ2) is 7.99. The fraction of sp³-hybridized carbons (Fsp3) is 0.632. The van der Waals surface area contributed by atoms with Gasteiger partial charge in [0.2, 0.25) is 0 Å². The molecule has 2 unspecified atom stereocenters. The highest BCUT2D eigenvalue weighted by atomic mass is 16.5. The van der Waals surface area contributed by atoms with Gasteiger partial charge >= 0.3 is 0 Å². The summed E-state index contributed by atoms with van der Waals surface area (Å²) in [6, 6.07) is 5.87. The molecule has 24 heavy (non-hydrogen) atoms. The van der Waals surface area contributed by atoms with Crippen LogP contribution in [0.3, 0.4) is 0 Å². The fourth-order valence-corrected chi connectivity index (χ4v) is 3.80. The molecule has 0 N–H and O–H groups in total. The van der Waals surface area contributed by atoms with Gasteiger partial charge in [0.25, 0.3) is 0 Å². The zero-order valence-corrected chi connectivity index (χ0v) is 14.7. The van der Waals surface area contributed by atoms with Gasteiger partial charge in [-0.3, -0.25) is 9.69 Å². The average molecular weight is 332 g/mol. The van der Waals surface area contributed by atoms with Gasteiger partial charge in [-0.25, -0.2) is 0 Å². The SMILES string of the molecule is COc1cc(C=O)ccc1OC1CCCCC1N1CCN(C)CC1. The maximum atomic E-state index is 11.0. The molecule has 1 aliphatic carbocycles. The van der Waals surface area contributed by atoms with Crippen molar-refractivity contribution in [3.8, 4) is 11.5 Å². The number of likely N-dealkylation sites (N-methyl/N-ethyl adjacent to an activating group) is 1. The van der Waals surface area contributed by atoms with Gasteiger partial charge in [-0.05, 0) is 44.5 Å². The quantitative estimate of drug-likeness (QED) is 0.775. The third-order valence-corrected chi connectivity index (χ3v) is 5.28. The van der Waals surface area contributed by atoms with Crippen LogP contribution in [0.2, 0.25) is 0 Å². The molecular formula is C19H28N2O3. The third kappa shape index (κ3) is 3.90. The van der Waals surface area contributed by atoms with Crippen molar-refractivity contribution in [1.82, 2.24) is 9.80 Å². The van der Waals surface area contributed by atoms with Gasteiger partial charge in [0.1, 0.15) is 12.4 Å². The Kier molecular flexibility index (Phi) is 5.74. The number of piperazine rings is 1. The first-order chi connectivity index (χ1) is 11.7. The van der Waals surface area contributed by atoms with Crippen LogP contribution in [0.1, 0.15) is 36.0 Å². The maximum Gasteiger partial charge on any atom is 0.161 e.